The number of rotatable bonds is 1. The van der Waals surface area contributed by atoms with Crippen molar-refractivity contribution in [1.29, 1.82) is 0 Å². The van der Waals surface area contributed by atoms with Crippen LogP contribution in [0.25, 0.3) is 0 Å². The minimum atomic E-state index is 0.635. The van der Waals surface area contributed by atoms with Gasteiger partial charge in [0.25, 0.3) is 0 Å². The molecule has 0 nitrogen and oxygen atoms in total. The Hall–Kier alpha value is 2.40. The van der Waals surface area contributed by atoms with Crippen molar-refractivity contribution in [3.63, 3.8) is 0 Å². The van der Waals surface area contributed by atoms with E-state index in [1.54, 1.807) is 5.57 Å². The van der Waals surface area contributed by atoms with Gasteiger partial charge in [-0.1, -0.05) is 29.5 Å². The molecule has 0 aliphatic heterocycles. The van der Waals surface area contributed by atoms with Crippen molar-refractivity contribution >= 4 is 90.4 Å². The minimum absolute atomic E-state index is 0.635. The van der Waals surface area contributed by atoms with Crippen LogP contribution >= 0.6 is 90.4 Å². The molecule has 0 fully saturated rings. The maximum Gasteiger partial charge on any atom is 0.0737 e. The highest BCUT2D eigenvalue weighted by Crippen LogP contribution is 2.47. The predicted molar refractivity (Wildman–Crippen MR) is 84.2 cm³/mol. The molecule has 0 aromatic heterocycles. The number of hydrogen-bond acceptors (Lipinski definition) is 0. The molecular formula is C7H6I4. The monoisotopic (exact) mass is 598 g/mol. The molecule has 1 rings (SSSR count). The van der Waals surface area contributed by atoms with Crippen LogP contribution in [0.2, 0.25) is 0 Å². The number of halogens is 4. The molecule has 4 heteroatoms. The standard InChI is InChI=1S/C7H6I4/c1-2-3-4(8)6(10)7(11)5(3)9/h6H,2H2,1H3. The molecule has 0 aromatic carbocycles. The predicted octanol–water partition coefficient (Wildman–Crippen LogP) is 4.98. The molecule has 1 atom stereocenters. The Labute approximate surface area is 122 Å². The van der Waals surface area contributed by atoms with Crippen molar-refractivity contribution in [2.45, 2.75) is 17.3 Å². The molecule has 62 valence electrons. The zero-order valence-electron chi connectivity index (χ0n) is 5.80. The Kier molecular flexibility index (Phi) is 4.97. The van der Waals surface area contributed by atoms with Crippen LogP contribution < -0.4 is 0 Å². The van der Waals surface area contributed by atoms with Crippen LogP contribution in [-0.4, -0.2) is 3.92 Å². The van der Waals surface area contributed by atoms with Crippen molar-refractivity contribution in [1.82, 2.24) is 0 Å². The summed E-state index contributed by atoms with van der Waals surface area (Å²) in [6, 6.07) is 0. The van der Waals surface area contributed by atoms with Crippen LogP contribution in [0.15, 0.2) is 16.3 Å². The van der Waals surface area contributed by atoms with E-state index < -0.39 is 0 Å². The topological polar surface area (TPSA) is 0 Å². The lowest BCUT2D eigenvalue weighted by Crippen LogP contribution is -1.90. The van der Waals surface area contributed by atoms with E-state index in [0.29, 0.717) is 3.92 Å². The lowest BCUT2D eigenvalue weighted by Gasteiger charge is -2.00. The largest absolute Gasteiger partial charge is 0.0737 e. The summed E-state index contributed by atoms with van der Waals surface area (Å²) >= 11 is 9.88. The van der Waals surface area contributed by atoms with Gasteiger partial charge in [-0.25, -0.2) is 0 Å². The first-order valence-electron chi connectivity index (χ1n) is 3.17. The second kappa shape index (κ2) is 4.76. The third kappa shape index (κ3) is 2.25. The fraction of sp³-hybridized carbons (Fsp3) is 0.429. The second-order valence-electron chi connectivity index (χ2n) is 2.20. The zero-order chi connectivity index (χ0) is 8.59. The summed E-state index contributed by atoms with van der Waals surface area (Å²) < 4.78 is 5.15. The minimum Gasteiger partial charge on any atom is -0.0711 e. The molecule has 0 bridgehead atoms. The highest BCUT2D eigenvalue weighted by molar-refractivity contribution is 14.1. The average molecular weight is 598 g/mol. The van der Waals surface area contributed by atoms with Crippen LogP contribution in [-0.2, 0) is 0 Å². The quantitative estimate of drug-likeness (QED) is 0.296. The summed E-state index contributed by atoms with van der Waals surface area (Å²) in [6.07, 6.45) is 1.17. The van der Waals surface area contributed by atoms with Crippen LogP contribution in [0, 0.1) is 0 Å². The van der Waals surface area contributed by atoms with Crippen LogP contribution in [0.1, 0.15) is 13.3 Å². The molecule has 0 amide bonds. The Balaban J connectivity index is 3.07. The molecule has 1 unspecified atom stereocenters. The molecule has 0 heterocycles. The third-order valence-electron chi connectivity index (χ3n) is 1.56. The zero-order valence-corrected chi connectivity index (χ0v) is 14.4. The van der Waals surface area contributed by atoms with Gasteiger partial charge in [0.1, 0.15) is 0 Å². The van der Waals surface area contributed by atoms with E-state index >= 15 is 0 Å². The van der Waals surface area contributed by atoms with Gasteiger partial charge < -0.3 is 0 Å². The van der Waals surface area contributed by atoms with Crippen molar-refractivity contribution in [2.24, 2.45) is 0 Å². The summed E-state index contributed by atoms with van der Waals surface area (Å²) in [4.78, 5) is 0. The van der Waals surface area contributed by atoms with E-state index in [9.17, 15) is 0 Å². The summed E-state index contributed by atoms with van der Waals surface area (Å²) in [5.41, 5.74) is 1.55. The highest BCUT2D eigenvalue weighted by Gasteiger charge is 2.26. The SMILES string of the molecule is CCC1=C(I)C(I)C(I)=C1I. The number of allylic oxidation sites excluding steroid dienone is 4. The van der Waals surface area contributed by atoms with E-state index in [4.69, 9.17) is 0 Å². The summed E-state index contributed by atoms with van der Waals surface area (Å²) in [6.45, 7) is 2.23. The first kappa shape index (κ1) is 11.5. The Morgan fingerprint density at radius 3 is 1.91 bits per heavy atom. The number of alkyl halides is 1. The fourth-order valence-corrected chi connectivity index (χ4v) is 5.93. The van der Waals surface area contributed by atoms with E-state index in [1.807, 2.05) is 0 Å². The fourth-order valence-electron chi connectivity index (χ4n) is 0.949. The first-order valence-corrected chi connectivity index (χ1v) is 7.66. The van der Waals surface area contributed by atoms with Gasteiger partial charge in [0.15, 0.2) is 0 Å². The molecule has 1 aliphatic carbocycles. The van der Waals surface area contributed by atoms with E-state index in [2.05, 4.69) is 97.3 Å². The Bertz CT molecular complexity index is 239. The molecule has 0 saturated carbocycles. The van der Waals surface area contributed by atoms with Gasteiger partial charge in [0.05, 0.1) is 3.92 Å². The van der Waals surface area contributed by atoms with Crippen LogP contribution in [0.4, 0.5) is 0 Å². The Morgan fingerprint density at radius 2 is 1.73 bits per heavy atom. The van der Waals surface area contributed by atoms with Crippen LogP contribution in [0.3, 0.4) is 0 Å². The molecular weight excluding hydrogens is 592 g/mol. The van der Waals surface area contributed by atoms with E-state index in [1.165, 1.54) is 17.2 Å². The second-order valence-corrected chi connectivity index (χ2v) is 6.85. The van der Waals surface area contributed by atoms with Gasteiger partial charge in [0.2, 0.25) is 0 Å². The number of hydrogen-bond donors (Lipinski definition) is 0. The van der Waals surface area contributed by atoms with Gasteiger partial charge in [-0.3, -0.25) is 0 Å². The maximum absolute atomic E-state index is 2.50. The van der Waals surface area contributed by atoms with Crippen molar-refractivity contribution in [2.75, 3.05) is 0 Å². The van der Waals surface area contributed by atoms with Crippen molar-refractivity contribution in [3.05, 3.63) is 16.3 Å². The Morgan fingerprint density at radius 1 is 1.18 bits per heavy atom. The summed E-state index contributed by atoms with van der Waals surface area (Å²) in [5.74, 6) is 0. The molecule has 0 N–H and O–H groups in total. The molecule has 0 spiro atoms. The van der Waals surface area contributed by atoms with E-state index in [0.717, 1.165) is 0 Å². The molecule has 0 saturated heterocycles. The van der Waals surface area contributed by atoms with Gasteiger partial charge in [-0.15, -0.1) is 0 Å². The van der Waals surface area contributed by atoms with Gasteiger partial charge in [-0.2, -0.15) is 0 Å². The lowest BCUT2D eigenvalue weighted by atomic mass is 10.2. The molecule has 0 radical (unpaired) electrons. The van der Waals surface area contributed by atoms with Crippen LogP contribution in [0.5, 0.6) is 0 Å². The first-order chi connectivity index (χ1) is 5.09. The smallest absolute Gasteiger partial charge is 0.0711 e. The van der Waals surface area contributed by atoms with Crippen molar-refractivity contribution < 1.29 is 0 Å². The molecule has 1 aliphatic rings. The maximum atomic E-state index is 2.50. The summed E-state index contributed by atoms with van der Waals surface area (Å²) in [5, 5.41) is 0. The molecule has 0 aromatic rings. The van der Waals surface area contributed by atoms with Gasteiger partial charge in [0, 0.05) is 10.7 Å². The average Bonchev–Trinajstić information content (AvgIpc) is 2.17. The van der Waals surface area contributed by atoms with Crippen molar-refractivity contribution in [3.8, 4) is 0 Å². The highest BCUT2D eigenvalue weighted by atomic mass is 127. The molecule has 11 heavy (non-hydrogen) atoms. The van der Waals surface area contributed by atoms with Gasteiger partial charge in [-0.05, 0) is 79.8 Å². The lowest BCUT2D eigenvalue weighted by molar-refractivity contribution is 1.15. The third-order valence-corrected chi connectivity index (χ3v) is 9.89. The summed E-state index contributed by atoms with van der Waals surface area (Å²) in [7, 11) is 0. The normalized spacial score (nSPS) is 25.4. The van der Waals surface area contributed by atoms with Gasteiger partial charge >= 0.3 is 0 Å². The van der Waals surface area contributed by atoms with E-state index in [-0.39, 0.29) is 0 Å².